The number of carbonyl (C=O) groups excluding carboxylic acids is 3. The fourth-order valence-electron chi connectivity index (χ4n) is 2.52. The van der Waals surface area contributed by atoms with Gasteiger partial charge in [-0.05, 0) is 24.3 Å². The molecule has 6 heteroatoms. The monoisotopic (exact) mass is 343 g/mol. The molecule has 24 heavy (non-hydrogen) atoms. The van der Waals surface area contributed by atoms with Gasteiger partial charge < -0.3 is 4.74 Å². The quantitative estimate of drug-likeness (QED) is 0.476. The van der Waals surface area contributed by atoms with Crippen molar-refractivity contribution < 1.29 is 19.1 Å². The number of hydrogen-bond acceptors (Lipinski definition) is 4. The van der Waals surface area contributed by atoms with E-state index < -0.39 is 23.9 Å². The largest absolute Gasteiger partial charge is 0.456 e. The van der Waals surface area contributed by atoms with Gasteiger partial charge in [-0.3, -0.25) is 14.5 Å². The molecule has 0 N–H and O–H groups in total. The van der Waals surface area contributed by atoms with E-state index in [4.69, 9.17) is 16.3 Å². The van der Waals surface area contributed by atoms with Gasteiger partial charge in [0.15, 0.2) is 0 Å². The van der Waals surface area contributed by atoms with Crippen LogP contribution in [0.4, 0.5) is 0 Å². The van der Waals surface area contributed by atoms with Crippen LogP contribution >= 0.6 is 11.6 Å². The zero-order chi connectivity index (χ0) is 17.1. The van der Waals surface area contributed by atoms with E-state index >= 15 is 0 Å². The molecule has 3 rings (SSSR count). The van der Waals surface area contributed by atoms with Gasteiger partial charge in [-0.25, -0.2) is 4.79 Å². The second-order valence-electron chi connectivity index (χ2n) is 5.31. The molecule has 0 saturated heterocycles. The summed E-state index contributed by atoms with van der Waals surface area (Å²) < 4.78 is 5.33. The fraction of sp³-hybridized carbons (Fsp3) is 0.167. The summed E-state index contributed by atoms with van der Waals surface area (Å²) in [7, 11) is 0. The minimum absolute atomic E-state index is 0.0218. The zero-order valence-electron chi connectivity index (χ0n) is 12.6. The van der Waals surface area contributed by atoms with E-state index in [1.165, 1.54) is 0 Å². The minimum Gasteiger partial charge on any atom is -0.456 e. The summed E-state index contributed by atoms with van der Waals surface area (Å²) in [6, 6.07) is 15.1. The van der Waals surface area contributed by atoms with E-state index in [9.17, 15) is 14.4 Å². The van der Waals surface area contributed by atoms with Crippen LogP contribution in [0, 0.1) is 0 Å². The molecule has 1 atom stereocenters. The van der Waals surface area contributed by atoms with Gasteiger partial charge >= 0.3 is 5.97 Å². The smallest absolute Gasteiger partial charge is 0.338 e. The van der Waals surface area contributed by atoms with Crippen LogP contribution in [0.25, 0.3) is 0 Å². The van der Waals surface area contributed by atoms with Gasteiger partial charge in [-0.2, -0.15) is 0 Å². The van der Waals surface area contributed by atoms with Crippen molar-refractivity contribution in [3.8, 4) is 0 Å². The average molecular weight is 344 g/mol. The first-order chi connectivity index (χ1) is 11.6. The highest BCUT2D eigenvalue weighted by Crippen LogP contribution is 2.23. The van der Waals surface area contributed by atoms with Crippen molar-refractivity contribution >= 4 is 29.4 Å². The number of hydrogen-bond donors (Lipinski definition) is 0. The number of fused-ring (bicyclic) bond motifs is 1. The fourth-order valence-corrected chi connectivity index (χ4v) is 2.68. The highest BCUT2D eigenvalue weighted by molar-refractivity contribution is 6.21. The Kier molecular flexibility index (Phi) is 4.62. The molecule has 1 heterocycles. The molecule has 2 amide bonds. The molecule has 122 valence electrons. The first-order valence-electron chi connectivity index (χ1n) is 7.39. The number of amides is 2. The number of benzene rings is 2. The lowest BCUT2D eigenvalue weighted by Gasteiger charge is -2.21. The third-order valence-corrected chi connectivity index (χ3v) is 4.06. The molecule has 0 aromatic heterocycles. The van der Waals surface area contributed by atoms with Crippen molar-refractivity contribution in [1.29, 1.82) is 0 Å². The van der Waals surface area contributed by atoms with Crippen LogP contribution in [0.1, 0.15) is 31.1 Å². The Morgan fingerprint density at radius 1 is 0.958 bits per heavy atom. The lowest BCUT2D eigenvalue weighted by Crippen LogP contribution is -2.39. The molecule has 0 spiro atoms. The standard InChI is InChI=1S/C18H14ClNO4/c19-10-13(24-18(23)12-6-2-1-3-7-12)11-20-16(21)14-8-4-5-9-15(14)17(20)22/h1-9,13H,10-11H2/t13-/m1/s1. The first-order valence-corrected chi connectivity index (χ1v) is 7.92. The van der Waals surface area contributed by atoms with E-state index in [1.807, 2.05) is 0 Å². The average Bonchev–Trinajstić information content (AvgIpc) is 2.87. The number of ether oxygens (including phenoxy) is 1. The van der Waals surface area contributed by atoms with E-state index in [0.29, 0.717) is 16.7 Å². The van der Waals surface area contributed by atoms with Crippen LogP contribution in [-0.4, -0.2) is 41.2 Å². The third kappa shape index (κ3) is 3.03. The van der Waals surface area contributed by atoms with Crippen LogP contribution < -0.4 is 0 Å². The summed E-state index contributed by atoms with van der Waals surface area (Å²) >= 11 is 5.86. The number of nitrogens with zero attached hydrogens (tertiary/aromatic N) is 1. The van der Waals surface area contributed by atoms with E-state index in [1.54, 1.807) is 54.6 Å². The predicted molar refractivity (Wildman–Crippen MR) is 88.2 cm³/mol. The van der Waals surface area contributed by atoms with Gasteiger partial charge in [0.25, 0.3) is 11.8 Å². The molecule has 0 aliphatic carbocycles. The van der Waals surface area contributed by atoms with Crippen LogP contribution in [0.2, 0.25) is 0 Å². The van der Waals surface area contributed by atoms with Crippen molar-refractivity contribution in [3.05, 3.63) is 71.3 Å². The topological polar surface area (TPSA) is 63.7 Å². The maximum atomic E-state index is 12.3. The second kappa shape index (κ2) is 6.84. The van der Waals surface area contributed by atoms with Crippen molar-refractivity contribution in [1.82, 2.24) is 4.90 Å². The second-order valence-corrected chi connectivity index (χ2v) is 5.62. The number of carbonyl (C=O) groups is 3. The molecule has 0 saturated carbocycles. The highest BCUT2D eigenvalue weighted by Gasteiger charge is 2.37. The lowest BCUT2D eigenvalue weighted by molar-refractivity contribution is 0.0246. The van der Waals surface area contributed by atoms with Crippen LogP contribution in [-0.2, 0) is 4.74 Å². The molecule has 2 aromatic rings. The van der Waals surface area contributed by atoms with E-state index in [0.717, 1.165) is 4.90 Å². The third-order valence-electron chi connectivity index (χ3n) is 3.72. The summed E-state index contributed by atoms with van der Waals surface area (Å²) in [6.45, 7) is -0.0750. The van der Waals surface area contributed by atoms with E-state index in [2.05, 4.69) is 0 Å². The Bertz CT molecular complexity index is 756. The molecule has 0 bridgehead atoms. The van der Waals surface area contributed by atoms with Crippen LogP contribution in [0.15, 0.2) is 54.6 Å². The summed E-state index contributed by atoms with van der Waals surface area (Å²) in [5, 5.41) is 0. The molecule has 0 radical (unpaired) electrons. The Morgan fingerprint density at radius 3 is 2.04 bits per heavy atom. The van der Waals surface area contributed by atoms with Crippen molar-refractivity contribution in [2.24, 2.45) is 0 Å². The van der Waals surface area contributed by atoms with Crippen molar-refractivity contribution in [2.75, 3.05) is 12.4 Å². The van der Waals surface area contributed by atoms with Crippen LogP contribution in [0.5, 0.6) is 0 Å². The summed E-state index contributed by atoms with van der Waals surface area (Å²) in [4.78, 5) is 37.8. The Labute approximate surface area is 143 Å². The summed E-state index contributed by atoms with van der Waals surface area (Å²) in [6.07, 6.45) is -0.776. The van der Waals surface area contributed by atoms with E-state index in [-0.39, 0.29) is 12.4 Å². The summed E-state index contributed by atoms with van der Waals surface area (Å²) in [5.41, 5.74) is 1.09. The number of esters is 1. The maximum Gasteiger partial charge on any atom is 0.338 e. The predicted octanol–water partition coefficient (Wildman–Crippen LogP) is 2.75. The Hall–Kier alpha value is -2.66. The normalized spacial score (nSPS) is 14.5. The van der Waals surface area contributed by atoms with Crippen LogP contribution in [0.3, 0.4) is 0 Å². The number of halogens is 1. The molecular formula is C18H14ClNO4. The molecule has 0 unspecified atom stereocenters. The van der Waals surface area contributed by atoms with Gasteiger partial charge in [0.2, 0.25) is 0 Å². The number of imide groups is 1. The first kappa shape index (κ1) is 16.2. The molecule has 1 aliphatic rings. The van der Waals surface area contributed by atoms with Gasteiger partial charge in [0, 0.05) is 0 Å². The van der Waals surface area contributed by atoms with Gasteiger partial charge in [-0.1, -0.05) is 30.3 Å². The Balaban J connectivity index is 1.72. The van der Waals surface area contributed by atoms with Gasteiger partial charge in [0.1, 0.15) is 6.10 Å². The SMILES string of the molecule is O=C(O[C@H](CCl)CN1C(=O)c2ccccc2C1=O)c1ccccc1. The molecule has 2 aromatic carbocycles. The molecule has 0 fully saturated rings. The highest BCUT2D eigenvalue weighted by atomic mass is 35.5. The molecule has 5 nitrogen and oxygen atoms in total. The lowest BCUT2D eigenvalue weighted by atomic mass is 10.1. The van der Waals surface area contributed by atoms with Gasteiger partial charge in [0.05, 0.1) is 29.1 Å². The van der Waals surface area contributed by atoms with Crippen molar-refractivity contribution in [2.45, 2.75) is 6.10 Å². The molecule has 1 aliphatic heterocycles. The maximum absolute atomic E-state index is 12.3. The zero-order valence-corrected chi connectivity index (χ0v) is 13.4. The number of alkyl halides is 1. The minimum atomic E-state index is -0.776. The molecular weight excluding hydrogens is 330 g/mol. The van der Waals surface area contributed by atoms with Crippen molar-refractivity contribution in [3.63, 3.8) is 0 Å². The van der Waals surface area contributed by atoms with Gasteiger partial charge in [-0.15, -0.1) is 11.6 Å². The Morgan fingerprint density at radius 2 is 1.50 bits per heavy atom. The summed E-state index contributed by atoms with van der Waals surface area (Å²) in [5.74, 6) is -1.37. The number of rotatable bonds is 5.